The number of imidazole rings is 1. The predicted octanol–water partition coefficient (Wildman–Crippen LogP) is 3.53. The van der Waals surface area contributed by atoms with Gasteiger partial charge in [-0.2, -0.15) is 0 Å². The maximum Gasteiger partial charge on any atom is 0.253 e. The first kappa shape index (κ1) is 18.5. The first-order valence-corrected chi connectivity index (χ1v) is 10.1. The predicted molar refractivity (Wildman–Crippen MR) is 116 cm³/mol. The first-order chi connectivity index (χ1) is 14.7. The van der Waals surface area contributed by atoms with Gasteiger partial charge in [0.1, 0.15) is 0 Å². The molecule has 6 heteroatoms. The topological polar surface area (TPSA) is 53.7 Å². The Bertz CT molecular complexity index is 1170. The van der Waals surface area contributed by atoms with Crippen LogP contribution in [0.25, 0.3) is 16.6 Å². The quantitative estimate of drug-likeness (QED) is 0.531. The third-order valence-corrected chi connectivity index (χ3v) is 5.83. The largest absolute Gasteiger partial charge is 0.335 e. The van der Waals surface area contributed by atoms with Gasteiger partial charge in [0.2, 0.25) is 0 Å². The van der Waals surface area contributed by atoms with E-state index in [1.54, 1.807) is 6.20 Å². The third-order valence-electron chi connectivity index (χ3n) is 5.83. The number of benzene rings is 1. The number of hydrogen-bond donors (Lipinski definition) is 0. The fraction of sp³-hybridized carbons (Fsp3) is 0.208. The van der Waals surface area contributed by atoms with Crippen LogP contribution in [0.4, 0.5) is 0 Å². The molecule has 0 radical (unpaired) electrons. The molecule has 1 saturated heterocycles. The van der Waals surface area contributed by atoms with E-state index < -0.39 is 0 Å². The van der Waals surface area contributed by atoms with E-state index in [1.807, 2.05) is 59.9 Å². The Labute approximate surface area is 175 Å². The summed E-state index contributed by atoms with van der Waals surface area (Å²) >= 11 is 0. The minimum atomic E-state index is 0.0562. The highest BCUT2D eigenvalue weighted by molar-refractivity contribution is 5.94. The maximum atomic E-state index is 13.0. The summed E-state index contributed by atoms with van der Waals surface area (Å²) in [6.07, 6.45) is 7.58. The van der Waals surface area contributed by atoms with Crippen molar-refractivity contribution in [3.8, 4) is 11.1 Å². The summed E-state index contributed by atoms with van der Waals surface area (Å²) in [4.78, 5) is 26.1. The highest BCUT2D eigenvalue weighted by Gasteiger charge is 2.31. The molecule has 0 saturated carbocycles. The van der Waals surface area contributed by atoms with Gasteiger partial charge in [-0.05, 0) is 36.9 Å². The van der Waals surface area contributed by atoms with Gasteiger partial charge in [-0.15, -0.1) is 0 Å². The summed E-state index contributed by atoms with van der Waals surface area (Å²) in [5, 5.41) is 0. The standard InChI is InChI=1S/C24H23N5O/c1-27-12-13-28(24(30)18-6-3-2-4-7-18)16-22(27)23-21-10-9-20(15-29(21)17-26-23)19-8-5-11-25-14-19/h2-11,14-15,17,22H,12-13,16H2,1H3/t22-/m1/s1. The number of likely N-dealkylation sites (N-methyl/N-ethyl adjacent to an activating group) is 1. The number of rotatable bonds is 3. The first-order valence-electron chi connectivity index (χ1n) is 10.1. The van der Waals surface area contributed by atoms with Crippen molar-refractivity contribution in [1.29, 1.82) is 0 Å². The second-order valence-electron chi connectivity index (χ2n) is 7.70. The van der Waals surface area contributed by atoms with Crippen LogP contribution in [-0.4, -0.2) is 56.8 Å². The average Bonchev–Trinajstić information content (AvgIpc) is 3.23. The number of aromatic nitrogens is 3. The minimum Gasteiger partial charge on any atom is -0.335 e. The zero-order chi connectivity index (χ0) is 20.5. The number of amides is 1. The van der Waals surface area contributed by atoms with Gasteiger partial charge in [-0.3, -0.25) is 14.7 Å². The highest BCUT2D eigenvalue weighted by Crippen LogP contribution is 2.29. The lowest BCUT2D eigenvalue weighted by atomic mass is 10.1. The molecule has 30 heavy (non-hydrogen) atoms. The Morgan fingerprint density at radius 1 is 1.00 bits per heavy atom. The van der Waals surface area contributed by atoms with Gasteiger partial charge in [0, 0.05) is 49.4 Å². The molecule has 150 valence electrons. The van der Waals surface area contributed by atoms with E-state index in [4.69, 9.17) is 4.98 Å². The second kappa shape index (κ2) is 7.72. The summed E-state index contributed by atoms with van der Waals surface area (Å²) in [7, 11) is 2.10. The van der Waals surface area contributed by atoms with Gasteiger partial charge in [0.05, 0.1) is 23.6 Å². The molecule has 4 aromatic rings. The number of piperazine rings is 1. The molecule has 1 atom stereocenters. The minimum absolute atomic E-state index is 0.0562. The summed E-state index contributed by atoms with van der Waals surface area (Å²) in [5.41, 5.74) is 4.97. The number of pyridine rings is 2. The number of nitrogens with zero attached hydrogens (tertiary/aromatic N) is 5. The van der Waals surface area contributed by atoms with Gasteiger partial charge in [-0.1, -0.05) is 30.3 Å². The van der Waals surface area contributed by atoms with Crippen molar-refractivity contribution in [3.63, 3.8) is 0 Å². The fourth-order valence-electron chi connectivity index (χ4n) is 4.10. The molecule has 3 aromatic heterocycles. The molecule has 0 N–H and O–H groups in total. The summed E-state index contributed by atoms with van der Waals surface area (Å²) < 4.78 is 2.06. The molecule has 1 fully saturated rings. The molecule has 6 nitrogen and oxygen atoms in total. The summed E-state index contributed by atoms with van der Waals surface area (Å²) in [6, 6.07) is 17.8. The molecule has 0 spiro atoms. The Morgan fingerprint density at radius 2 is 1.87 bits per heavy atom. The third kappa shape index (κ3) is 3.35. The number of carbonyl (C=O) groups is 1. The van der Waals surface area contributed by atoms with Crippen LogP contribution in [0.5, 0.6) is 0 Å². The molecule has 0 unspecified atom stereocenters. The number of carbonyl (C=O) groups excluding carboxylic acids is 1. The lowest BCUT2D eigenvalue weighted by molar-refractivity contribution is 0.0543. The fourth-order valence-corrected chi connectivity index (χ4v) is 4.10. The Kier molecular flexibility index (Phi) is 4.77. The lowest BCUT2D eigenvalue weighted by Crippen LogP contribution is -2.49. The van der Waals surface area contributed by atoms with Crippen LogP contribution < -0.4 is 0 Å². The van der Waals surface area contributed by atoms with E-state index in [9.17, 15) is 4.79 Å². The smallest absolute Gasteiger partial charge is 0.253 e. The zero-order valence-electron chi connectivity index (χ0n) is 16.8. The number of fused-ring (bicyclic) bond motifs is 1. The van der Waals surface area contributed by atoms with Crippen molar-refractivity contribution in [2.45, 2.75) is 6.04 Å². The maximum absolute atomic E-state index is 13.0. The van der Waals surface area contributed by atoms with Crippen molar-refractivity contribution >= 4 is 11.4 Å². The molecule has 1 aliphatic heterocycles. The van der Waals surface area contributed by atoms with E-state index in [0.717, 1.165) is 41.0 Å². The molecule has 1 aromatic carbocycles. The molecule has 0 aliphatic carbocycles. The van der Waals surface area contributed by atoms with Crippen LogP contribution in [0.1, 0.15) is 22.1 Å². The van der Waals surface area contributed by atoms with Gasteiger partial charge in [0.25, 0.3) is 5.91 Å². The van der Waals surface area contributed by atoms with Crippen molar-refractivity contribution < 1.29 is 4.79 Å². The van der Waals surface area contributed by atoms with Crippen molar-refractivity contribution in [2.75, 3.05) is 26.7 Å². The van der Waals surface area contributed by atoms with Crippen LogP contribution in [0.2, 0.25) is 0 Å². The number of hydrogen-bond acceptors (Lipinski definition) is 4. The van der Waals surface area contributed by atoms with Crippen LogP contribution in [0.15, 0.2) is 79.5 Å². The SMILES string of the molecule is CN1CCN(C(=O)c2ccccc2)C[C@@H]1c1ncn2cc(-c3cccnc3)ccc12. The van der Waals surface area contributed by atoms with Crippen LogP contribution in [0, 0.1) is 0 Å². The Hall–Kier alpha value is -3.51. The molecule has 1 amide bonds. The molecule has 0 bridgehead atoms. The second-order valence-corrected chi connectivity index (χ2v) is 7.70. The summed E-state index contributed by atoms with van der Waals surface area (Å²) in [6.45, 7) is 2.16. The van der Waals surface area contributed by atoms with Crippen LogP contribution >= 0.6 is 0 Å². The summed E-state index contributed by atoms with van der Waals surface area (Å²) in [5.74, 6) is 0.0797. The van der Waals surface area contributed by atoms with Gasteiger partial charge < -0.3 is 9.30 Å². The van der Waals surface area contributed by atoms with Gasteiger partial charge in [-0.25, -0.2) is 4.98 Å². The molecule has 1 aliphatic rings. The van der Waals surface area contributed by atoms with Gasteiger partial charge >= 0.3 is 0 Å². The van der Waals surface area contributed by atoms with Crippen molar-refractivity contribution in [2.24, 2.45) is 0 Å². The molecular weight excluding hydrogens is 374 g/mol. The van der Waals surface area contributed by atoms with E-state index in [-0.39, 0.29) is 11.9 Å². The van der Waals surface area contributed by atoms with E-state index >= 15 is 0 Å². The van der Waals surface area contributed by atoms with E-state index in [2.05, 4.69) is 39.7 Å². The zero-order valence-corrected chi connectivity index (χ0v) is 16.8. The molecule has 5 rings (SSSR count). The average molecular weight is 397 g/mol. The van der Waals surface area contributed by atoms with E-state index in [0.29, 0.717) is 6.54 Å². The Balaban J connectivity index is 1.44. The molecule has 4 heterocycles. The van der Waals surface area contributed by atoms with Crippen molar-refractivity contribution in [3.05, 3.63) is 90.8 Å². The normalized spacial score (nSPS) is 17.4. The Morgan fingerprint density at radius 3 is 2.67 bits per heavy atom. The lowest BCUT2D eigenvalue weighted by Gasteiger charge is -2.39. The van der Waals surface area contributed by atoms with Crippen LogP contribution in [-0.2, 0) is 0 Å². The monoisotopic (exact) mass is 397 g/mol. The van der Waals surface area contributed by atoms with Crippen LogP contribution in [0.3, 0.4) is 0 Å². The van der Waals surface area contributed by atoms with E-state index in [1.165, 1.54) is 0 Å². The molecular formula is C24H23N5O. The van der Waals surface area contributed by atoms with Gasteiger partial charge in [0.15, 0.2) is 0 Å². The van der Waals surface area contributed by atoms with Crippen molar-refractivity contribution in [1.82, 2.24) is 24.2 Å². The highest BCUT2D eigenvalue weighted by atomic mass is 16.2.